The van der Waals surface area contributed by atoms with Gasteiger partial charge in [-0.05, 0) is 50.1 Å². The third-order valence-electron chi connectivity index (χ3n) is 3.09. The lowest BCUT2D eigenvalue weighted by atomic mass is 10.1. The summed E-state index contributed by atoms with van der Waals surface area (Å²) in [6, 6.07) is 9.42. The van der Waals surface area contributed by atoms with Gasteiger partial charge in [-0.2, -0.15) is 0 Å². The number of aryl methyl sites for hydroxylation is 2. The second kappa shape index (κ2) is 5.76. The van der Waals surface area contributed by atoms with Crippen LogP contribution in [0.1, 0.15) is 38.6 Å². The van der Waals surface area contributed by atoms with Gasteiger partial charge in [-0.3, -0.25) is 4.79 Å². The van der Waals surface area contributed by atoms with Crippen LogP contribution in [0.2, 0.25) is 5.02 Å². The summed E-state index contributed by atoms with van der Waals surface area (Å²) in [6.07, 6.45) is 0. The van der Waals surface area contributed by atoms with Crippen LogP contribution in [0.3, 0.4) is 0 Å². The van der Waals surface area contributed by atoms with E-state index in [1.807, 2.05) is 51.1 Å². The first kappa shape index (κ1) is 14.1. The van der Waals surface area contributed by atoms with Gasteiger partial charge in [0, 0.05) is 9.90 Å². The number of carbonyl (C=O) groups excluding carboxylic acids is 1. The summed E-state index contributed by atoms with van der Waals surface area (Å²) in [5.74, 6) is -0.0336. The number of hydrogen-bond acceptors (Lipinski definition) is 2. The number of amides is 1. The molecule has 0 radical (unpaired) electrons. The van der Waals surface area contributed by atoms with Crippen molar-refractivity contribution in [2.45, 2.75) is 26.8 Å². The molecule has 0 spiro atoms. The smallest absolute Gasteiger partial charge is 0.261 e. The van der Waals surface area contributed by atoms with E-state index in [0.717, 1.165) is 16.0 Å². The van der Waals surface area contributed by atoms with E-state index in [2.05, 4.69) is 5.32 Å². The largest absolute Gasteiger partial charge is 0.345 e. The average molecular weight is 294 g/mol. The molecule has 0 aliphatic heterocycles. The molecule has 1 amide bonds. The molecule has 100 valence electrons. The van der Waals surface area contributed by atoms with E-state index in [-0.39, 0.29) is 11.9 Å². The predicted molar refractivity (Wildman–Crippen MR) is 81.1 cm³/mol. The van der Waals surface area contributed by atoms with Crippen molar-refractivity contribution < 1.29 is 4.79 Å². The zero-order valence-corrected chi connectivity index (χ0v) is 12.7. The van der Waals surface area contributed by atoms with Gasteiger partial charge in [-0.25, -0.2) is 0 Å². The van der Waals surface area contributed by atoms with Crippen LogP contribution in [0.4, 0.5) is 0 Å². The summed E-state index contributed by atoms with van der Waals surface area (Å²) in [4.78, 5) is 14.1. The summed E-state index contributed by atoms with van der Waals surface area (Å²) in [5.41, 5.74) is 2.16. The fraction of sp³-hybridized carbons (Fsp3) is 0.267. The number of benzene rings is 1. The van der Waals surface area contributed by atoms with E-state index in [4.69, 9.17) is 11.6 Å². The van der Waals surface area contributed by atoms with E-state index < -0.39 is 0 Å². The van der Waals surface area contributed by atoms with E-state index >= 15 is 0 Å². The van der Waals surface area contributed by atoms with Crippen molar-refractivity contribution in [3.8, 4) is 0 Å². The molecule has 1 heterocycles. The highest BCUT2D eigenvalue weighted by molar-refractivity contribution is 7.14. The van der Waals surface area contributed by atoms with Crippen LogP contribution >= 0.6 is 22.9 Å². The van der Waals surface area contributed by atoms with Gasteiger partial charge >= 0.3 is 0 Å². The first-order valence-corrected chi connectivity index (χ1v) is 7.30. The van der Waals surface area contributed by atoms with Crippen LogP contribution < -0.4 is 5.32 Å². The first-order valence-electron chi connectivity index (χ1n) is 6.10. The van der Waals surface area contributed by atoms with Gasteiger partial charge in [-0.1, -0.05) is 23.7 Å². The fourth-order valence-electron chi connectivity index (χ4n) is 1.81. The van der Waals surface area contributed by atoms with E-state index in [1.165, 1.54) is 16.2 Å². The molecule has 2 rings (SSSR count). The minimum atomic E-state index is -0.0612. The van der Waals surface area contributed by atoms with Crippen molar-refractivity contribution in [1.82, 2.24) is 5.32 Å². The molecule has 0 bridgehead atoms. The first-order chi connectivity index (χ1) is 8.97. The SMILES string of the molecule is Cc1cc(C(=O)NC(C)c2cccc(Cl)c2)sc1C. The lowest BCUT2D eigenvalue weighted by molar-refractivity contribution is 0.0944. The molecule has 2 nitrogen and oxygen atoms in total. The van der Waals surface area contributed by atoms with Crippen LogP contribution in [-0.4, -0.2) is 5.91 Å². The van der Waals surface area contributed by atoms with Gasteiger partial charge in [0.15, 0.2) is 0 Å². The molecule has 4 heteroatoms. The van der Waals surface area contributed by atoms with E-state index in [1.54, 1.807) is 0 Å². The van der Waals surface area contributed by atoms with Crippen LogP contribution in [-0.2, 0) is 0 Å². The normalized spacial score (nSPS) is 12.2. The Labute approximate surface area is 122 Å². The maximum atomic E-state index is 12.1. The Morgan fingerprint density at radius 3 is 2.63 bits per heavy atom. The highest BCUT2D eigenvalue weighted by atomic mass is 35.5. The number of carbonyl (C=O) groups is 1. The van der Waals surface area contributed by atoms with Gasteiger partial charge in [0.1, 0.15) is 0 Å². The minimum absolute atomic E-state index is 0.0336. The Kier molecular flexibility index (Phi) is 4.27. The van der Waals surface area contributed by atoms with Crippen LogP contribution in [0.15, 0.2) is 30.3 Å². The van der Waals surface area contributed by atoms with Crippen molar-refractivity contribution in [2.75, 3.05) is 0 Å². The second-order valence-corrected chi connectivity index (χ2v) is 6.29. The van der Waals surface area contributed by atoms with Crippen molar-refractivity contribution in [3.05, 3.63) is 56.2 Å². The second-order valence-electron chi connectivity index (χ2n) is 4.60. The molecular weight excluding hydrogens is 278 g/mol. The summed E-state index contributed by atoms with van der Waals surface area (Å²) < 4.78 is 0. The third-order valence-corrected chi connectivity index (χ3v) is 4.47. The average Bonchev–Trinajstić information content (AvgIpc) is 2.69. The van der Waals surface area contributed by atoms with Crippen LogP contribution in [0.5, 0.6) is 0 Å². The lowest BCUT2D eigenvalue weighted by Crippen LogP contribution is -2.25. The molecule has 2 aromatic rings. The van der Waals surface area contributed by atoms with Gasteiger partial charge in [0.2, 0.25) is 0 Å². The molecule has 0 aliphatic rings. The van der Waals surface area contributed by atoms with Gasteiger partial charge in [0.05, 0.1) is 10.9 Å². The summed E-state index contributed by atoms with van der Waals surface area (Å²) in [7, 11) is 0. The van der Waals surface area contributed by atoms with E-state index in [0.29, 0.717) is 5.02 Å². The van der Waals surface area contributed by atoms with Crippen LogP contribution in [0, 0.1) is 13.8 Å². The number of halogens is 1. The van der Waals surface area contributed by atoms with Gasteiger partial charge in [0.25, 0.3) is 5.91 Å². The van der Waals surface area contributed by atoms with Crippen LogP contribution in [0.25, 0.3) is 0 Å². The molecule has 1 aromatic heterocycles. The van der Waals surface area contributed by atoms with Crippen molar-refractivity contribution in [3.63, 3.8) is 0 Å². The molecule has 19 heavy (non-hydrogen) atoms. The quantitative estimate of drug-likeness (QED) is 0.886. The Bertz CT molecular complexity index is 586. The summed E-state index contributed by atoms with van der Waals surface area (Å²) in [6.45, 7) is 6.00. The summed E-state index contributed by atoms with van der Waals surface area (Å²) in [5, 5.41) is 3.67. The number of nitrogens with one attached hydrogen (secondary N) is 1. The highest BCUT2D eigenvalue weighted by Gasteiger charge is 2.14. The Morgan fingerprint density at radius 1 is 1.32 bits per heavy atom. The zero-order valence-electron chi connectivity index (χ0n) is 11.2. The predicted octanol–water partition coefficient (Wildman–Crippen LogP) is 4.51. The Balaban J connectivity index is 2.10. The number of hydrogen-bond donors (Lipinski definition) is 1. The Hall–Kier alpha value is -1.32. The molecule has 0 saturated carbocycles. The van der Waals surface area contributed by atoms with Crippen molar-refractivity contribution >= 4 is 28.8 Å². The number of thiophene rings is 1. The molecule has 1 atom stereocenters. The molecule has 1 N–H and O–H groups in total. The topological polar surface area (TPSA) is 29.1 Å². The maximum Gasteiger partial charge on any atom is 0.261 e. The zero-order chi connectivity index (χ0) is 14.0. The van der Waals surface area contributed by atoms with E-state index in [9.17, 15) is 4.79 Å². The minimum Gasteiger partial charge on any atom is -0.345 e. The molecule has 1 unspecified atom stereocenters. The monoisotopic (exact) mass is 293 g/mol. The molecule has 1 aromatic carbocycles. The van der Waals surface area contributed by atoms with Crippen molar-refractivity contribution in [2.24, 2.45) is 0 Å². The lowest BCUT2D eigenvalue weighted by Gasteiger charge is -2.13. The molecular formula is C15H16ClNOS. The molecule has 0 fully saturated rings. The van der Waals surface area contributed by atoms with Gasteiger partial charge in [-0.15, -0.1) is 11.3 Å². The van der Waals surface area contributed by atoms with Gasteiger partial charge < -0.3 is 5.32 Å². The molecule has 0 saturated heterocycles. The maximum absolute atomic E-state index is 12.1. The molecule has 0 aliphatic carbocycles. The highest BCUT2D eigenvalue weighted by Crippen LogP contribution is 2.22. The van der Waals surface area contributed by atoms with Crippen molar-refractivity contribution in [1.29, 1.82) is 0 Å². The Morgan fingerprint density at radius 2 is 2.05 bits per heavy atom. The third kappa shape index (κ3) is 3.37. The number of rotatable bonds is 3. The standard InChI is InChI=1S/C15H16ClNOS/c1-9-7-14(19-11(9)3)15(18)17-10(2)12-5-4-6-13(16)8-12/h4-8,10H,1-3H3,(H,17,18). The fourth-order valence-corrected chi connectivity index (χ4v) is 2.95. The summed E-state index contributed by atoms with van der Waals surface area (Å²) >= 11 is 7.48.